The van der Waals surface area contributed by atoms with Crippen molar-refractivity contribution >= 4 is 15.7 Å². The van der Waals surface area contributed by atoms with Crippen molar-refractivity contribution in [2.45, 2.75) is 50.5 Å². The molecule has 5 nitrogen and oxygen atoms in total. The van der Waals surface area contributed by atoms with Gasteiger partial charge in [-0.25, -0.2) is 8.42 Å². The zero-order valence-electron chi connectivity index (χ0n) is 13.1. The van der Waals surface area contributed by atoms with Gasteiger partial charge in [-0.05, 0) is 50.8 Å². The van der Waals surface area contributed by atoms with Crippen LogP contribution in [0.15, 0.2) is 17.0 Å². The molecule has 1 aromatic carbocycles. The van der Waals surface area contributed by atoms with Gasteiger partial charge < -0.3 is 10.5 Å². The highest BCUT2D eigenvalue weighted by atomic mass is 32.2. The normalized spacial score (nSPS) is 15.7. The molecule has 0 fully saturated rings. The van der Waals surface area contributed by atoms with Crippen LogP contribution in [0.4, 0.5) is 5.69 Å². The summed E-state index contributed by atoms with van der Waals surface area (Å²) in [5, 5.41) is 0. The molecule has 118 valence electrons. The molecule has 0 aliphatic carbocycles. The van der Waals surface area contributed by atoms with E-state index in [0.717, 1.165) is 18.4 Å². The van der Waals surface area contributed by atoms with E-state index in [1.54, 1.807) is 13.1 Å². The minimum Gasteiger partial charge on any atom is -0.492 e. The number of benzene rings is 1. The Kier molecular flexibility index (Phi) is 4.22. The Hall–Kier alpha value is -1.27. The van der Waals surface area contributed by atoms with E-state index >= 15 is 0 Å². The zero-order valence-corrected chi connectivity index (χ0v) is 14.0. The minimum absolute atomic E-state index is 0.182. The van der Waals surface area contributed by atoms with E-state index in [-0.39, 0.29) is 4.90 Å². The lowest BCUT2D eigenvalue weighted by Crippen LogP contribution is -2.44. The summed E-state index contributed by atoms with van der Waals surface area (Å²) in [6, 6.07) is 3.31. The predicted molar refractivity (Wildman–Crippen MR) is 84.0 cm³/mol. The van der Waals surface area contributed by atoms with Gasteiger partial charge in [0, 0.05) is 18.3 Å². The zero-order chi connectivity index (χ0) is 15.8. The molecule has 0 spiro atoms. The van der Waals surface area contributed by atoms with E-state index < -0.39 is 15.6 Å². The van der Waals surface area contributed by atoms with Gasteiger partial charge in [-0.1, -0.05) is 6.92 Å². The molecule has 2 rings (SSSR count). The second-order valence-corrected chi connectivity index (χ2v) is 8.04. The van der Waals surface area contributed by atoms with Crippen molar-refractivity contribution < 1.29 is 13.2 Å². The van der Waals surface area contributed by atoms with Gasteiger partial charge in [-0.15, -0.1) is 0 Å². The Morgan fingerprint density at radius 3 is 2.67 bits per heavy atom. The molecule has 1 aliphatic heterocycles. The van der Waals surface area contributed by atoms with Gasteiger partial charge in [-0.3, -0.25) is 0 Å². The van der Waals surface area contributed by atoms with Gasteiger partial charge in [0.15, 0.2) is 0 Å². The van der Waals surface area contributed by atoms with Gasteiger partial charge in [-0.2, -0.15) is 4.31 Å². The van der Waals surface area contributed by atoms with E-state index in [9.17, 15) is 8.42 Å². The largest absolute Gasteiger partial charge is 0.492 e. The number of hydrogen-bond donors (Lipinski definition) is 1. The summed E-state index contributed by atoms with van der Waals surface area (Å²) in [6.45, 7) is 6.33. The van der Waals surface area contributed by atoms with Gasteiger partial charge in [0.25, 0.3) is 0 Å². The summed E-state index contributed by atoms with van der Waals surface area (Å²) < 4.78 is 32.9. The van der Waals surface area contributed by atoms with Crippen LogP contribution < -0.4 is 10.5 Å². The molecule has 0 saturated heterocycles. The molecule has 0 saturated carbocycles. The molecule has 1 aliphatic rings. The fourth-order valence-electron chi connectivity index (χ4n) is 2.36. The summed E-state index contributed by atoms with van der Waals surface area (Å²) >= 11 is 0. The molecule has 0 atom stereocenters. The maximum absolute atomic E-state index is 13.0. The molecule has 0 amide bonds. The number of aryl methyl sites for hydroxylation is 1. The average Bonchev–Trinajstić information content (AvgIpc) is 2.45. The fourth-order valence-corrected chi connectivity index (χ4v) is 4.14. The summed E-state index contributed by atoms with van der Waals surface area (Å²) in [5.74, 6) is 0.467. The Bertz CT molecular complexity index is 639. The van der Waals surface area contributed by atoms with Crippen LogP contribution in [-0.2, 0) is 16.4 Å². The van der Waals surface area contributed by atoms with E-state index in [2.05, 4.69) is 0 Å². The van der Waals surface area contributed by atoms with E-state index in [1.807, 2.05) is 20.8 Å². The molecule has 21 heavy (non-hydrogen) atoms. The van der Waals surface area contributed by atoms with Gasteiger partial charge >= 0.3 is 0 Å². The number of rotatable bonds is 4. The molecular formula is C15H24N2O3S. The lowest BCUT2D eigenvalue weighted by Gasteiger charge is -2.34. The molecule has 2 N–H and O–H groups in total. The second-order valence-electron chi connectivity index (χ2n) is 6.10. The molecule has 0 aromatic heterocycles. The number of nitrogens with zero attached hydrogens (tertiary/aromatic N) is 1. The smallest absolute Gasteiger partial charge is 0.247 e. The van der Waals surface area contributed by atoms with E-state index in [1.165, 1.54) is 10.4 Å². The Morgan fingerprint density at radius 1 is 1.38 bits per heavy atom. The first-order chi connectivity index (χ1) is 9.70. The monoisotopic (exact) mass is 312 g/mol. The third-order valence-corrected chi connectivity index (χ3v) is 6.42. The summed E-state index contributed by atoms with van der Waals surface area (Å²) in [4.78, 5) is 0.182. The van der Waals surface area contributed by atoms with Crippen LogP contribution in [0.2, 0.25) is 0 Å². The number of ether oxygens (including phenoxy) is 1. The maximum Gasteiger partial charge on any atom is 0.247 e. The second kappa shape index (κ2) is 5.50. The minimum atomic E-state index is -3.64. The molecule has 1 heterocycles. The highest BCUT2D eigenvalue weighted by Gasteiger charge is 2.35. The lowest BCUT2D eigenvalue weighted by molar-refractivity contribution is 0.252. The Balaban J connectivity index is 2.58. The quantitative estimate of drug-likeness (QED) is 0.867. The standard InChI is InChI=1S/C15H24N2O3S/c1-5-15(2,3)17(4)21(18,19)13-10-12(16)9-11-7-6-8-20-14(11)13/h9-10H,5-8,16H2,1-4H3. The van der Waals surface area contributed by atoms with Crippen molar-refractivity contribution in [3.63, 3.8) is 0 Å². The summed E-state index contributed by atoms with van der Waals surface area (Å²) in [5.41, 5.74) is 6.75. The molecule has 1 aromatic rings. The number of hydrogen-bond acceptors (Lipinski definition) is 4. The summed E-state index contributed by atoms with van der Waals surface area (Å²) in [7, 11) is -2.04. The predicted octanol–water partition coefficient (Wildman–Crippen LogP) is 2.40. The molecule has 6 heteroatoms. The van der Waals surface area contributed by atoms with E-state index in [4.69, 9.17) is 10.5 Å². The van der Waals surface area contributed by atoms with Crippen LogP contribution >= 0.6 is 0 Å². The molecule has 0 unspecified atom stereocenters. The van der Waals surface area contributed by atoms with Gasteiger partial charge in [0.1, 0.15) is 10.6 Å². The number of fused-ring (bicyclic) bond motifs is 1. The van der Waals surface area contributed by atoms with Crippen LogP contribution in [0.3, 0.4) is 0 Å². The Morgan fingerprint density at radius 2 is 2.05 bits per heavy atom. The Labute approximate surface area is 127 Å². The summed E-state index contributed by atoms with van der Waals surface area (Å²) in [6.07, 6.45) is 2.39. The first-order valence-electron chi connectivity index (χ1n) is 7.24. The van der Waals surface area contributed by atoms with E-state index in [0.29, 0.717) is 24.5 Å². The lowest BCUT2D eigenvalue weighted by atomic mass is 10.0. The average molecular weight is 312 g/mol. The highest BCUT2D eigenvalue weighted by molar-refractivity contribution is 7.89. The van der Waals surface area contributed by atoms with Crippen LogP contribution in [-0.4, -0.2) is 31.9 Å². The van der Waals surface area contributed by atoms with Crippen molar-refractivity contribution in [1.82, 2.24) is 4.31 Å². The third-order valence-electron chi connectivity index (χ3n) is 4.35. The number of anilines is 1. The van der Waals surface area contributed by atoms with Crippen molar-refractivity contribution in [2.24, 2.45) is 0 Å². The highest BCUT2D eigenvalue weighted by Crippen LogP contribution is 2.37. The number of nitrogens with two attached hydrogens (primary N) is 1. The molecule has 0 radical (unpaired) electrons. The van der Waals surface area contributed by atoms with Crippen LogP contribution in [0.1, 0.15) is 39.2 Å². The third kappa shape index (κ3) is 2.87. The van der Waals surface area contributed by atoms with Crippen LogP contribution in [0, 0.1) is 0 Å². The van der Waals surface area contributed by atoms with Crippen LogP contribution in [0.25, 0.3) is 0 Å². The molecule has 0 bridgehead atoms. The van der Waals surface area contributed by atoms with Crippen molar-refractivity contribution in [2.75, 3.05) is 19.4 Å². The maximum atomic E-state index is 13.0. The first-order valence-corrected chi connectivity index (χ1v) is 8.68. The topological polar surface area (TPSA) is 72.6 Å². The SMILES string of the molecule is CCC(C)(C)N(C)S(=O)(=O)c1cc(N)cc2c1OCCC2. The van der Waals surface area contributed by atoms with Gasteiger partial charge in [0.05, 0.1) is 6.61 Å². The van der Waals surface area contributed by atoms with Crippen molar-refractivity contribution in [3.05, 3.63) is 17.7 Å². The number of sulfonamides is 1. The molecular weight excluding hydrogens is 288 g/mol. The number of nitrogen functional groups attached to an aromatic ring is 1. The van der Waals surface area contributed by atoms with Crippen molar-refractivity contribution in [3.8, 4) is 5.75 Å². The first kappa shape index (κ1) is 16.1. The van der Waals surface area contributed by atoms with Gasteiger partial charge in [0.2, 0.25) is 10.0 Å². The van der Waals surface area contributed by atoms with Crippen molar-refractivity contribution in [1.29, 1.82) is 0 Å². The fraction of sp³-hybridized carbons (Fsp3) is 0.600. The van der Waals surface area contributed by atoms with Crippen LogP contribution in [0.5, 0.6) is 5.75 Å².